The van der Waals surface area contributed by atoms with Crippen molar-refractivity contribution < 1.29 is 9.90 Å². The van der Waals surface area contributed by atoms with Crippen molar-refractivity contribution in [2.45, 2.75) is 12.8 Å². The van der Waals surface area contributed by atoms with Crippen LogP contribution in [0.15, 0.2) is 0 Å². The lowest BCUT2D eigenvalue weighted by atomic mass is 9.57. The Morgan fingerprint density at radius 1 is 1.00 bits per heavy atom. The maximum absolute atomic E-state index is 11.7. The van der Waals surface area contributed by atoms with E-state index in [0.717, 1.165) is 47.8 Å². The minimum Gasteiger partial charge on any atom is -0.481 e. The average molecular weight is 202 g/mol. The number of carboxylic acids is 1. The summed E-state index contributed by atoms with van der Waals surface area (Å²) >= 11 is 0. The second-order valence-corrected chi connectivity index (χ2v) is 7.14. The molecule has 7 saturated carbocycles. The molecule has 0 aromatic rings. The summed E-state index contributed by atoms with van der Waals surface area (Å²) in [5.74, 6) is 7.20. The zero-order valence-corrected chi connectivity index (χ0v) is 8.47. The maximum Gasteiger partial charge on any atom is 0.310 e. The second kappa shape index (κ2) is 1.49. The molecule has 2 nitrogen and oxygen atoms in total. The van der Waals surface area contributed by atoms with Crippen molar-refractivity contribution in [2.75, 3.05) is 0 Å². The molecule has 15 heavy (non-hydrogen) atoms. The molecular weight excluding hydrogens is 188 g/mol. The molecule has 0 saturated heterocycles. The first-order valence-corrected chi connectivity index (χ1v) is 6.50. The largest absolute Gasteiger partial charge is 0.481 e. The topological polar surface area (TPSA) is 37.3 Å². The highest BCUT2D eigenvalue weighted by atomic mass is 16.4. The lowest BCUT2D eigenvalue weighted by molar-refractivity contribution is -0.156. The highest BCUT2D eigenvalue weighted by Gasteiger charge is 2.92. The van der Waals surface area contributed by atoms with E-state index in [1.54, 1.807) is 0 Å². The lowest BCUT2D eigenvalue weighted by Gasteiger charge is -2.46. The van der Waals surface area contributed by atoms with Gasteiger partial charge in [-0.05, 0) is 66.1 Å². The maximum atomic E-state index is 11.7. The third-order valence-corrected chi connectivity index (χ3v) is 7.77. The normalized spacial score (nSPS) is 82.3. The van der Waals surface area contributed by atoms with Crippen molar-refractivity contribution in [1.82, 2.24) is 0 Å². The molecule has 2 unspecified atom stereocenters. The summed E-state index contributed by atoms with van der Waals surface area (Å²) in [4.78, 5) is 11.7. The van der Waals surface area contributed by atoms with Crippen molar-refractivity contribution in [2.24, 2.45) is 58.7 Å². The number of hydrogen-bond acceptors (Lipinski definition) is 1. The van der Waals surface area contributed by atoms with Gasteiger partial charge in [-0.1, -0.05) is 0 Å². The Balaban J connectivity index is 1.75. The van der Waals surface area contributed by atoms with E-state index in [4.69, 9.17) is 0 Å². The van der Waals surface area contributed by atoms with E-state index >= 15 is 0 Å². The van der Waals surface area contributed by atoms with Crippen LogP contribution < -0.4 is 0 Å². The Kier molecular flexibility index (Phi) is 0.689. The van der Waals surface area contributed by atoms with Gasteiger partial charge in [-0.3, -0.25) is 4.79 Å². The Labute approximate surface area is 88.0 Å². The molecular formula is C13H14O2. The smallest absolute Gasteiger partial charge is 0.310 e. The molecule has 0 radical (unpaired) electrons. The molecule has 7 aliphatic rings. The Bertz CT molecular complexity index is 434. The molecule has 7 fully saturated rings. The summed E-state index contributed by atoms with van der Waals surface area (Å²) in [6.45, 7) is 0. The number of aliphatic carboxylic acids is 1. The number of carboxylic acid groups (broad SMARTS) is 1. The van der Waals surface area contributed by atoms with E-state index in [1.807, 2.05) is 0 Å². The molecule has 7 rings (SSSR count). The predicted octanol–water partition coefficient (Wildman–Crippen LogP) is 1.47. The highest BCUT2D eigenvalue weighted by molar-refractivity contribution is 5.79. The van der Waals surface area contributed by atoms with Crippen LogP contribution in [0.5, 0.6) is 0 Å². The van der Waals surface area contributed by atoms with E-state index in [0.29, 0.717) is 11.8 Å². The molecule has 0 aromatic heterocycles. The Morgan fingerprint density at radius 2 is 1.80 bits per heavy atom. The van der Waals surface area contributed by atoms with Gasteiger partial charge in [0.15, 0.2) is 0 Å². The zero-order chi connectivity index (χ0) is 9.69. The van der Waals surface area contributed by atoms with Crippen LogP contribution in [-0.2, 0) is 4.79 Å². The number of hydrogen-bond donors (Lipinski definition) is 1. The summed E-state index contributed by atoms with van der Waals surface area (Å²) in [5, 5.41) is 9.68. The van der Waals surface area contributed by atoms with E-state index in [2.05, 4.69) is 0 Å². The minimum absolute atomic E-state index is 0.197. The van der Waals surface area contributed by atoms with Crippen LogP contribution in [0.2, 0.25) is 0 Å². The summed E-state index contributed by atoms with van der Waals surface area (Å²) in [5.41, 5.74) is -0.197. The first-order chi connectivity index (χ1) is 7.27. The van der Waals surface area contributed by atoms with Crippen molar-refractivity contribution in [3.8, 4) is 0 Å². The standard InChI is InChI=1S/C13H14O2/c14-12(15)13-2-5-6-3-1-4(10(6)13)8-7(3)9(5)11(8)13/h3-11H,1-2H2,(H,14,15)/t3-,4-,5+,6+,7+,8-,9+,10?,11?,13+/m0/s1. The zero-order valence-electron chi connectivity index (χ0n) is 8.47. The third kappa shape index (κ3) is 0.357. The van der Waals surface area contributed by atoms with Gasteiger partial charge in [0.05, 0.1) is 5.41 Å². The van der Waals surface area contributed by atoms with Crippen LogP contribution in [0.4, 0.5) is 0 Å². The van der Waals surface area contributed by atoms with Gasteiger partial charge in [-0.15, -0.1) is 0 Å². The Morgan fingerprint density at radius 3 is 2.60 bits per heavy atom. The van der Waals surface area contributed by atoms with Crippen molar-refractivity contribution >= 4 is 5.97 Å². The molecule has 1 N–H and O–H groups in total. The number of carbonyl (C=O) groups is 1. The predicted molar refractivity (Wildman–Crippen MR) is 50.7 cm³/mol. The van der Waals surface area contributed by atoms with Crippen LogP contribution >= 0.6 is 0 Å². The molecule has 0 spiro atoms. The average Bonchev–Trinajstić information content (AvgIpc) is 2.70. The van der Waals surface area contributed by atoms with Gasteiger partial charge >= 0.3 is 5.97 Å². The molecule has 0 heterocycles. The van der Waals surface area contributed by atoms with Gasteiger partial charge in [0, 0.05) is 0 Å². The van der Waals surface area contributed by atoms with Gasteiger partial charge < -0.3 is 5.11 Å². The second-order valence-electron chi connectivity index (χ2n) is 7.14. The van der Waals surface area contributed by atoms with Gasteiger partial charge in [0.1, 0.15) is 0 Å². The summed E-state index contributed by atoms with van der Waals surface area (Å²) in [7, 11) is 0. The molecule has 4 bridgehead atoms. The van der Waals surface area contributed by atoms with Crippen LogP contribution in [0.1, 0.15) is 12.8 Å². The minimum atomic E-state index is -0.416. The first-order valence-electron chi connectivity index (χ1n) is 6.50. The lowest BCUT2D eigenvalue weighted by Crippen LogP contribution is -2.47. The van der Waals surface area contributed by atoms with Gasteiger partial charge in [0.2, 0.25) is 0 Å². The molecule has 2 heteroatoms. The Hall–Kier alpha value is -0.530. The fourth-order valence-corrected chi connectivity index (χ4v) is 8.28. The van der Waals surface area contributed by atoms with Gasteiger partial charge in [-0.25, -0.2) is 0 Å². The number of rotatable bonds is 1. The fraction of sp³-hybridized carbons (Fsp3) is 0.923. The van der Waals surface area contributed by atoms with E-state index in [9.17, 15) is 9.90 Å². The first kappa shape index (κ1) is 6.93. The highest BCUT2D eigenvalue weighted by Crippen LogP contribution is 2.94. The fourth-order valence-electron chi connectivity index (χ4n) is 8.28. The summed E-state index contributed by atoms with van der Waals surface area (Å²) < 4.78 is 0. The van der Waals surface area contributed by atoms with Gasteiger partial charge in [-0.2, -0.15) is 0 Å². The van der Waals surface area contributed by atoms with Crippen LogP contribution in [0.3, 0.4) is 0 Å². The van der Waals surface area contributed by atoms with Crippen molar-refractivity contribution in [3.05, 3.63) is 0 Å². The third-order valence-electron chi connectivity index (χ3n) is 7.77. The molecule has 78 valence electrons. The van der Waals surface area contributed by atoms with E-state index in [-0.39, 0.29) is 5.41 Å². The quantitative estimate of drug-likeness (QED) is 0.699. The summed E-state index contributed by atoms with van der Waals surface area (Å²) in [6, 6.07) is 0. The molecule has 7 aliphatic carbocycles. The van der Waals surface area contributed by atoms with Gasteiger partial charge in [0.25, 0.3) is 0 Å². The van der Waals surface area contributed by atoms with Crippen LogP contribution in [0.25, 0.3) is 0 Å². The van der Waals surface area contributed by atoms with E-state index < -0.39 is 5.97 Å². The molecule has 0 aromatic carbocycles. The van der Waals surface area contributed by atoms with E-state index in [1.165, 1.54) is 6.42 Å². The summed E-state index contributed by atoms with van der Waals surface area (Å²) in [6.07, 6.45) is 2.50. The molecule has 0 aliphatic heterocycles. The van der Waals surface area contributed by atoms with Crippen molar-refractivity contribution in [1.29, 1.82) is 0 Å². The SMILES string of the molecule is O=C(O)[C@]12C[C@@H]3[C@@H]4C1[C@H]1C[C@@H]4[C@H]4[C@@H]3C2[C@H]41. The molecule has 0 amide bonds. The van der Waals surface area contributed by atoms with Crippen LogP contribution in [-0.4, -0.2) is 11.1 Å². The van der Waals surface area contributed by atoms with Crippen LogP contribution in [0, 0.1) is 58.7 Å². The molecule has 10 atom stereocenters. The van der Waals surface area contributed by atoms with Crippen molar-refractivity contribution in [3.63, 3.8) is 0 Å². The monoisotopic (exact) mass is 202 g/mol.